The molecular formula is C16H17F3O3. The lowest BCUT2D eigenvalue weighted by atomic mass is 9.76. The Morgan fingerprint density at radius 3 is 2.50 bits per heavy atom. The monoisotopic (exact) mass is 314 g/mol. The van der Waals surface area contributed by atoms with Gasteiger partial charge in [0.25, 0.3) is 0 Å². The number of ketones is 1. The second-order valence-corrected chi connectivity index (χ2v) is 5.70. The molecule has 0 bridgehead atoms. The number of carbonyl (C=O) groups is 2. The molecule has 2 atom stereocenters. The van der Waals surface area contributed by atoms with Crippen molar-refractivity contribution in [2.24, 2.45) is 11.8 Å². The molecule has 6 heteroatoms. The smallest absolute Gasteiger partial charge is 0.416 e. The van der Waals surface area contributed by atoms with Crippen molar-refractivity contribution in [2.45, 2.75) is 38.3 Å². The maximum absolute atomic E-state index is 12.7. The van der Waals surface area contributed by atoms with Gasteiger partial charge in [0, 0.05) is 12.0 Å². The molecule has 1 aliphatic carbocycles. The highest BCUT2D eigenvalue weighted by Crippen LogP contribution is 2.34. The van der Waals surface area contributed by atoms with Crippen molar-refractivity contribution in [1.82, 2.24) is 0 Å². The first kappa shape index (κ1) is 16.5. The van der Waals surface area contributed by atoms with Crippen LogP contribution < -0.4 is 0 Å². The molecule has 0 radical (unpaired) electrons. The van der Waals surface area contributed by atoms with E-state index in [0.717, 1.165) is 25.0 Å². The summed E-state index contributed by atoms with van der Waals surface area (Å²) in [6.45, 7) is 0. The van der Waals surface area contributed by atoms with E-state index in [9.17, 15) is 27.9 Å². The van der Waals surface area contributed by atoms with Gasteiger partial charge >= 0.3 is 12.1 Å². The molecule has 120 valence electrons. The summed E-state index contributed by atoms with van der Waals surface area (Å²) < 4.78 is 38.0. The van der Waals surface area contributed by atoms with Gasteiger partial charge < -0.3 is 5.11 Å². The maximum Gasteiger partial charge on any atom is 0.416 e. The minimum absolute atomic E-state index is 0.00969. The molecular weight excluding hydrogens is 297 g/mol. The Morgan fingerprint density at radius 1 is 1.18 bits per heavy atom. The van der Waals surface area contributed by atoms with E-state index in [1.807, 2.05) is 0 Å². The number of hydrogen-bond acceptors (Lipinski definition) is 2. The Bertz CT molecular complexity index is 566. The molecule has 0 unspecified atom stereocenters. The average molecular weight is 314 g/mol. The summed E-state index contributed by atoms with van der Waals surface area (Å²) in [6, 6.07) is 4.29. The zero-order valence-electron chi connectivity index (χ0n) is 11.9. The first-order chi connectivity index (χ1) is 10.3. The number of rotatable bonds is 4. The summed E-state index contributed by atoms with van der Waals surface area (Å²) in [6.07, 6.45) is -1.70. The summed E-state index contributed by atoms with van der Waals surface area (Å²) in [5, 5.41) is 9.18. The van der Waals surface area contributed by atoms with Crippen LogP contribution in [0.3, 0.4) is 0 Å². The lowest BCUT2D eigenvalue weighted by molar-refractivity contribution is -0.144. The predicted molar refractivity (Wildman–Crippen MR) is 73.5 cm³/mol. The molecule has 0 aromatic heterocycles. The molecule has 22 heavy (non-hydrogen) atoms. The fraction of sp³-hybridized carbons (Fsp3) is 0.500. The molecule has 1 aliphatic rings. The van der Waals surface area contributed by atoms with Gasteiger partial charge in [0.05, 0.1) is 11.5 Å². The molecule has 0 spiro atoms. The van der Waals surface area contributed by atoms with E-state index in [0.29, 0.717) is 12.8 Å². The summed E-state index contributed by atoms with van der Waals surface area (Å²) in [5.74, 6) is -2.23. The molecule has 3 nitrogen and oxygen atoms in total. The maximum atomic E-state index is 12.7. The number of carboxylic acid groups (broad SMARTS) is 1. The highest BCUT2D eigenvalue weighted by atomic mass is 19.4. The Morgan fingerprint density at radius 2 is 1.86 bits per heavy atom. The Balaban J connectivity index is 2.13. The minimum Gasteiger partial charge on any atom is -0.481 e. The molecule has 2 rings (SSSR count). The summed E-state index contributed by atoms with van der Waals surface area (Å²) >= 11 is 0. The zero-order valence-corrected chi connectivity index (χ0v) is 11.9. The van der Waals surface area contributed by atoms with Crippen LogP contribution in [-0.4, -0.2) is 16.9 Å². The van der Waals surface area contributed by atoms with Gasteiger partial charge in [0.1, 0.15) is 0 Å². The minimum atomic E-state index is -4.50. The molecule has 1 N–H and O–H groups in total. The number of hydrogen-bond donors (Lipinski definition) is 1. The number of carbonyl (C=O) groups excluding carboxylic acids is 1. The van der Waals surface area contributed by atoms with E-state index in [4.69, 9.17) is 0 Å². The first-order valence-corrected chi connectivity index (χ1v) is 7.22. The number of alkyl halides is 3. The third-order valence-corrected chi connectivity index (χ3v) is 4.19. The lowest BCUT2D eigenvalue weighted by Gasteiger charge is -2.28. The van der Waals surface area contributed by atoms with E-state index in [2.05, 4.69) is 0 Å². The van der Waals surface area contributed by atoms with Gasteiger partial charge in [-0.05, 0) is 30.9 Å². The second kappa shape index (κ2) is 6.50. The van der Waals surface area contributed by atoms with Crippen molar-refractivity contribution >= 4 is 11.8 Å². The van der Waals surface area contributed by atoms with Gasteiger partial charge in [-0.15, -0.1) is 0 Å². The quantitative estimate of drug-likeness (QED) is 0.849. The van der Waals surface area contributed by atoms with Crippen LogP contribution in [0, 0.1) is 11.8 Å². The summed E-state index contributed by atoms with van der Waals surface area (Å²) in [5.41, 5.74) is -0.874. The van der Waals surface area contributed by atoms with Crippen LogP contribution in [0.5, 0.6) is 0 Å². The second-order valence-electron chi connectivity index (χ2n) is 5.70. The number of benzene rings is 1. The predicted octanol–water partition coefficient (Wildman–Crippen LogP) is 4.17. The summed E-state index contributed by atoms with van der Waals surface area (Å²) in [7, 11) is 0. The van der Waals surface area contributed by atoms with E-state index in [1.54, 1.807) is 0 Å². The Hall–Kier alpha value is -1.85. The normalized spacial score (nSPS) is 22.3. The summed E-state index contributed by atoms with van der Waals surface area (Å²) in [4.78, 5) is 23.4. The molecule has 1 aromatic rings. The topological polar surface area (TPSA) is 54.4 Å². The van der Waals surface area contributed by atoms with Crippen molar-refractivity contribution < 1.29 is 27.9 Å². The number of halogens is 3. The van der Waals surface area contributed by atoms with E-state index >= 15 is 0 Å². The fourth-order valence-electron chi connectivity index (χ4n) is 3.00. The lowest BCUT2D eigenvalue weighted by Crippen LogP contribution is -2.28. The standard InChI is InChI=1S/C16H17F3O3/c17-16(18,19)12-6-3-5-11(8-12)14(20)9-10-4-1-2-7-13(10)15(21)22/h3,5-6,8,10,13H,1-2,4,7,9H2,(H,21,22)/t10-,13+/m0/s1. The largest absolute Gasteiger partial charge is 0.481 e. The van der Waals surface area contributed by atoms with Gasteiger partial charge in [-0.25, -0.2) is 0 Å². The molecule has 1 aromatic carbocycles. The third-order valence-electron chi connectivity index (χ3n) is 4.19. The van der Waals surface area contributed by atoms with Gasteiger partial charge in [-0.2, -0.15) is 13.2 Å². The molecule has 0 amide bonds. The van der Waals surface area contributed by atoms with Crippen molar-refractivity contribution in [1.29, 1.82) is 0 Å². The Labute approximate surface area is 126 Å². The van der Waals surface area contributed by atoms with E-state index in [-0.39, 0.29) is 17.9 Å². The number of Topliss-reactive ketones (excluding diaryl/α,β-unsaturated/α-hetero) is 1. The SMILES string of the molecule is O=C(C[C@@H]1CCCC[C@H]1C(=O)O)c1cccc(C(F)(F)F)c1. The van der Waals surface area contributed by atoms with Crippen LogP contribution in [0.25, 0.3) is 0 Å². The first-order valence-electron chi connectivity index (χ1n) is 7.22. The molecule has 0 heterocycles. The van der Waals surface area contributed by atoms with Gasteiger partial charge in [0.15, 0.2) is 5.78 Å². The van der Waals surface area contributed by atoms with Gasteiger partial charge in [0.2, 0.25) is 0 Å². The number of aliphatic carboxylic acids is 1. The molecule has 0 aliphatic heterocycles. The van der Waals surface area contributed by atoms with Gasteiger partial charge in [-0.3, -0.25) is 9.59 Å². The van der Waals surface area contributed by atoms with Crippen LogP contribution in [0.4, 0.5) is 13.2 Å². The average Bonchev–Trinajstić information content (AvgIpc) is 2.47. The van der Waals surface area contributed by atoms with Crippen LogP contribution in [0.2, 0.25) is 0 Å². The van der Waals surface area contributed by atoms with Crippen molar-refractivity contribution in [3.63, 3.8) is 0 Å². The van der Waals surface area contributed by atoms with Crippen LogP contribution in [0.15, 0.2) is 24.3 Å². The van der Waals surface area contributed by atoms with Crippen LogP contribution >= 0.6 is 0 Å². The molecule has 1 saturated carbocycles. The third kappa shape index (κ3) is 3.87. The highest BCUT2D eigenvalue weighted by Gasteiger charge is 2.34. The van der Waals surface area contributed by atoms with Crippen LogP contribution in [0.1, 0.15) is 48.0 Å². The van der Waals surface area contributed by atoms with Crippen molar-refractivity contribution in [3.8, 4) is 0 Å². The van der Waals surface area contributed by atoms with Crippen molar-refractivity contribution in [3.05, 3.63) is 35.4 Å². The van der Waals surface area contributed by atoms with Gasteiger partial charge in [-0.1, -0.05) is 25.0 Å². The Kier molecular flexibility index (Phi) is 4.88. The van der Waals surface area contributed by atoms with Crippen molar-refractivity contribution in [2.75, 3.05) is 0 Å². The van der Waals surface area contributed by atoms with Crippen LogP contribution in [-0.2, 0) is 11.0 Å². The highest BCUT2D eigenvalue weighted by molar-refractivity contribution is 5.96. The van der Waals surface area contributed by atoms with E-state index in [1.165, 1.54) is 12.1 Å². The fourth-order valence-corrected chi connectivity index (χ4v) is 3.00. The van der Waals surface area contributed by atoms with E-state index < -0.39 is 29.4 Å². The molecule has 1 fully saturated rings. The number of carboxylic acids is 1. The molecule has 0 saturated heterocycles. The zero-order chi connectivity index (χ0) is 16.3.